The molecule has 0 saturated heterocycles. The summed E-state index contributed by atoms with van der Waals surface area (Å²) < 4.78 is 2.16. The molecule has 0 bridgehead atoms. The smallest absolute Gasteiger partial charge is 0.178 e. The van der Waals surface area contributed by atoms with Crippen molar-refractivity contribution in [3.05, 3.63) is 52.8 Å². The van der Waals surface area contributed by atoms with E-state index in [4.69, 9.17) is 0 Å². The minimum atomic E-state index is 0.204. The highest BCUT2D eigenvalue weighted by atomic mass is 16.1. The Morgan fingerprint density at radius 3 is 2.18 bits per heavy atom. The lowest BCUT2D eigenvalue weighted by atomic mass is 10.1. The molecule has 22 heavy (non-hydrogen) atoms. The van der Waals surface area contributed by atoms with Crippen molar-refractivity contribution in [3.63, 3.8) is 0 Å². The molecule has 0 unspecified atom stereocenters. The monoisotopic (exact) mass is 298 g/mol. The molecular weight excluding hydrogens is 272 g/mol. The molecule has 0 aliphatic heterocycles. The number of ketones is 1. The second kappa shape index (κ2) is 6.93. The molecule has 1 aromatic heterocycles. The van der Waals surface area contributed by atoms with Gasteiger partial charge < -0.3 is 4.57 Å². The van der Waals surface area contributed by atoms with Crippen molar-refractivity contribution in [2.45, 2.75) is 34.6 Å². The summed E-state index contributed by atoms with van der Waals surface area (Å²) in [4.78, 5) is 14.7. The maximum atomic E-state index is 12.6. The first-order chi connectivity index (χ1) is 10.5. The van der Waals surface area contributed by atoms with Crippen LogP contribution in [0.1, 0.15) is 41.2 Å². The molecule has 0 aliphatic carbocycles. The number of hydrogen-bond donors (Lipinski definition) is 0. The molecule has 1 heterocycles. The normalized spacial score (nSPS) is 11.2. The van der Waals surface area contributed by atoms with E-state index in [-0.39, 0.29) is 5.78 Å². The highest BCUT2D eigenvalue weighted by molar-refractivity contribution is 5.99. The number of hydrogen-bond acceptors (Lipinski definition) is 2. The van der Waals surface area contributed by atoms with Crippen LogP contribution in [-0.2, 0) is 0 Å². The van der Waals surface area contributed by atoms with Gasteiger partial charge in [-0.3, -0.25) is 9.69 Å². The van der Waals surface area contributed by atoms with Crippen molar-refractivity contribution >= 4 is 5.78 Å². The van der Waals surface area contributed by atoms with Gasteiger partial charge >= 0.3 is 0 Å². The highest BCUT2D eigenvalue weighted by Crippen LogP contribution is 2.21. The minimum Gasteiger partial charge on any atom is -0.318 e. The molecule has 2 rings (SSSR count). The van der Waals surface area contributed by atoms with Gasteiger partial charge in [0.1, 0.15) is 0 Å². The molecule has 3 nitrogen and oxygen atoms in total. The first-order valence-electron chi connectivity index (χ1n) is 7.99. The summed E-state index contributed by atoms with van der Waals surface area (Å²) in [6, 6.07) is 10.4. The number of carbonyl (C=O) groups excluding carboxylic acids is 1. The van der Waals surface area contributed by atoms with Crippen LogP contribution in [0.15, 0.2) is 30.3 Å². The van der Waals surface area contributed by atoms with Crippen molar-refractivity contribution in [1.29, 1.82) is 0 Å². The zero-order valence-corrected chi connectivity index (χ0v) is 14.3. The van der Waals surface area contributed by atoms with E-state index < -0.39 is 0 Å². The molecule has 0 N–H and O–H groups in total. The van der Waals surface area contributed by atoms with Crippen LogP contribution < -0.4 is 0 Å². The summed E-state index contributed by atoms with van der Waals surface area (Å²) in [5.41, 5.74) is 5.32. The fraction of sp³-hybridized carbons (Fsp3) is 0.421. The van der Waals surface area contributed by atoms with Crippen molar-refractivity contribution < 1.29 is 4.79 Å². The molecule has 0 spiro atoms. The number of Topliss-reactive ketones (excluding diaryl/α,β-unsaturated/α-hetero) is 1. The fourth-order valence-corrected chi connectivity index (χ4v) is 2.87. The van der Waals surface area contributed by atoms with E-state index in [1.807, 2.05) is 13.0 Å². The Morgan fingerprint density at radius 2 is 1.64 bits per heavy atom. The second-order valence-corrected chi connectivity index (χ2v) is 5.84. The first-order valence-corrected chi connectivity index (χ1v) is 7.99. The second-order valence-electron chi connectivity index (χ2n) is 5.84. The molecule has 3 heteroatoms. The van der Waals surface area contributed by atoms with Gasteiger partial charge in [-0.15, -0.1) is 0 Å². The molecule has 118 valence electrons. The third kappa shape index (κ3) is 3.30. The summed E-state index contributed by atoms with van der Waals surface area (Å²) in [6.07, 6.45) is 0. The highest BCUT2D eigenvalue weighted by Gasteiger charge is 2.18. The Balaban J connectivity index is 2.34. The predicted octanol–water partition coefficient (Wildman–Crippen LogP) is 3.93. The molecule has 0 fully saturated rings. The number of rotatable bonds is 6. The van der Waals surface area contributed by atoms with E-state index in [0.29, 0.717) is 6.54 Å². The predicted molar refractivity (Wildman–Crippen MR) is 92.1 cm³/mol. The number of carbonyl (C=O) groups is 1. The summed E-state index contributed by atoms with van der Waals surface area (Å²) in [5.74, 6) is 0.204. The Hall–Kier alpha value is -1.87. The van der Waals surface area contributed by atoms with Gasteiger partial charge in [0.05, 0.1) is 6.54 Å². The van der Waals surface area contributed by atoms with Crippen LogP contribution >= 0.6 is 0 Å². The van der Waals surface area contributed by atoms with Gasteiger partial charge in [-0.05, 0) is 52.1 Å². The summed E-state index contributed by atoms with van der Waals surface area (Å²) >= 11 is 0. The molecule has 0 aliphatic rings. The Labute approximate surface area is 133 Å². The van der Waals surface area contributed by atoms with Crippen molar-refractivity contribution in [2.75, 3.05) is 19.6 Å². The number of aryl methyl sites for hydroxylation is 2. The third-order valence-electron chi connectivity index (χ3n) is 4.29. The summed E-state index contributed by atoms with van der Waals surface area (Å²) in [5, 5.41) is 0. The van der Waals surface area contributed by atoms with E-state index in [1.165, 1.54) is 5.56 Å². The molecule has 0 atom stereocenters. The van der Waals surface area contributed by atoms with Gasteiger partial charge in [-0.1, -0.05) is 31.5 Å². The van der Waals surface area contributed by atoms with E-state index >= 15 is 0 Å². The van der Waals surface area contributed by atoms with Crippen LogP contribution in [-0.4, -0.2) is 34.9 Å². The quantitative estimate of drug-likeness (QED) is 0.755. The standard InChI is InChI=1S/C19H26N2O/c1-6-20(7-2)13-19(22)18-12-15(4)21(16(18)5)17-10-8-14(3)9-11-17/h8-12H,6-7,13H2,1-5H3. The van der Waals surface area contributed by atoms with Crippen molar-refractivity contribution in [2.24, 2.45) is 0 Å². The molecule has 0 radical (unpaired) electrons. The Morgan fingerprint density at radius 1 is 1.05 bits per heavy atom. The first kappa shape index (κ1) is 16.5. The van der Waals surface area contributed by atoms with E-state index in [9.17, 15) is 4.79 Å². The van der Waals surface area contributed by atoms with Crippen LogP contribution in [0.25, 0.3) is 5.69 Å². The number of benzene rings is 1. The van der Waals surface area contributed by atoms with Gasteiger partial charge in [-0.25, -0.2) is 0 Å². The number of nitrogens with zero attached hydrogens (tertiary/aromatic N) is 2. The van der Waals surface area contributed by atoms with Crippen LogP contribution in [0, 0.1) is 20.8 Å². The Bertz CT molecular complexity index is 649. The number of aromatic nitrogens is 1. The average Bonchev–Trinajstić information content (AvgIpc) is 2.81. The largest absolute Gasteiger partial charge is 0.318 e. The van der Waals surface area contributed by atoms with Crippen molar-refractivity contribution in [1.82, 2.24) is 9.47 Å². The van der Waals surface area contributed by atoms with Crippen LogP contribution in [0.3, 0.4) is 0 Å². The van der Waals surface area contributed by atoms with Gasteiger partial charge in [-0.2, -0.15) is 0 Å². The molecule has 0 amide bonds. The lowest BCUT2D eigenvalue weighted by Crippen LogP contribution is -2.29. The SMILES string of the molecule is CCN(CC)CC(=O)c1cc(C)n(-c2ccc(C)cc2)c1C. The zero-order chi connectivity index (χ0) is 16.3. The van der Waals surface area contributed by atoms with Gasteiger partial charge in [0.15, 0.2) is 5.78 Å². The third-order valence-corrected chi connectivity index (χ3v) is 4.29. The maximum Gasteiger partial charge on any atom is 0.178 e. The molecule has 1 aromatic carbocycles. The summed E-state index contributed by atoms with van der Waals surface area (Å²) in [6.45, 7) is 12.6. The average molecular weight is 298 g/mol. The lowest BCUT2D eigenvalue weighted by molar-refractivity contribution is 0.0937. The van der Waals surface area contributed by atoms with E-state index in [2.05, 4.69) is 61.4 Å². The van der Waals surface area contributed by atoms with Crippen LogP contribution in [0.5, 0.6) is 0 Å². The molecular formula is C19H26N2O. The lowest BCUT2D eigenvalue weighted by Gasteiger charge is -2.17. The number of likely N-dealkylation sites (N-methyl/N-ethyl adjacent to an activating group) is 1. The van der Waals surface area contributed by atoms with Gasteiger partial charge in [0, 0.05) is 22.6 Å². The van der Waals surface area contributed by atoms with Crippen LogP contribution in [0.2, 0.25) is 0 Å². The van der Waals surface area contributed by atoms with E-state index in [0.717, 1.165) is 35.7 Å². The maximum absolute atomic E-state index is 12.6. The van der Waals surface area contributed by atoms with Crippen molar-refractivity contribution in [3.8, 4) is 5.69 Å². The Kier molecular flexibility index (Phi) is 5.19. The fourth-order valence-electron chi connectivity index (χ4n) is 2.87. The minimum absolute atomic E-state index is 0.204. The topological polar surface area (TPSA) is 25.2 Å². The van der Waals surface area contributed by atoms with Crippen LogP contribution in [0.4, 0.5) is 0 Å². The van der Waals surface area contributed by atoms with E-state index in [1.54, 1.807) is 0 Å². The van der Waals surface area contributed by atoms with Gasteiger partial charge in [0.2, 0.25) is 0 Å². The molecule has 0 saturated carbocycles. The summed E-state index contributed by atoms with van der Waals surface area (Å²) in [7, 11) is 0. The van der Waals surface area contributed by atoms with Gasteiger partial charge in [0.25, 0.3) is 0 Å². The zero-order valence-electron chi connectivity index (χ0n) is 14.3. The molecule has 2 aromatic rings.